The van der Waals surface area contributed by atoms with Crippen LogP contribution in [0.3, 0.4) is 0 Å². The highest BCUT2D eigenvalue weighted by atomic mass is 35.5. The SMILES string of the molecule is COc1ccc2ncc(Cl)c(C(O)CCC3(CO)CCN(CCOc4cc(F)cc(F)c4)CC3)c2c1. The Hall–Kier alpha value is -2.52. The molecule has 2 aromatic carbocycles. The molecule has 0 radical (unpaired) electrons. The fraction of sp³-hybridized carbons (Fsp3) is 0.444. The van der Waals surface area contributed by atoms with Crippen LogP contribution in [-0.4, -0.2) is 60.1 Å². The molecule has 0 saturated carbocycles. The van der Waals surface area contributed by atoms with Gasteiger partial charge in [-0.15, -0.1) is 0 Å². The highest BCUT2D eigenvalue weighted by molar-refractivity contribution is 6.32. The topological polar surface area (TPSA) is 75.0 Å². The molecule has 0 amide bonds. The lowest BCUT2D eigenvalue weighted by Crippen LogP contribution is -2.43. The van der Waals surface area contributed by atoms with Crippen molar-refractivity contribution in [3.63, 3.8) is 0 Å². The number of fused-ring (bicyclic) bond motifs is 1. The summed E-state index contributed by atoms with van der Waals surface area (Å²) in [6.07, 6.45) is 3.37. The molecule has 36 heavy (non-hydrogen) atoms. The summed E-state index contributed by atoms with van der Waals surface area (Å²) in [5.41, 5.74) is 1.05. The van der Waals surface area contributed by atoms with E-state index in [1.54, 1.807) is 13.3 Å². The molecule has 1 aromatic heterocycles. The summed E-state index contributed by atoms with van der Waals surface area (Å²) < 4.78 is 37.5. The van der Waals surface area contributed by atoms with Crippen LogP contribution in [0.15, 0.2) is 42.6 Å². The van der Waals surface area contributed by atoms with Gasteiger partial charge in [-0.05, 0) is 62.4 Å². The van der Waals surface area contributed by atoms with Crippen molar-refractivity contribution in [1.82, 2.24) is 9.88 Å². The maximum atomic E-state index is 13.3. The maximum absolute atomic E-state index is 13.3. The van der Waals surface area contributed by atoms with Crippen molar-refractivity contribution in [2.24, 2.45) is 5.41 Å². The molecule has 0 bridgehead atoms. The molecule has 2 N–H and O–H groups in total. The molecule has 3 aromatic rings. The van der Waals surface area contributed by atoms with E-state index in [0.29, 0.717) is 42.3 Å². The Morgan fingerprint density at radius 3 is 2.50 bits per heavy atom. The summed E-state index contributed by atoms with van der Waals surface area (Å²) in [4.78, 5) is 6.56. The van der Waals surface area contributed by atoms with Gasteiger partial charge in [0, 0.05) is 48.5 Å². The molecule has 1 saturated heterocycles. The molecule has 194 valence electrons. The molecule has 9 heteroatoms. The summed E-state index contributed by atoms with van der Waals surface area (Å²) in [6, 6.07) is 8.61. The quantitative estimate of drug-likeness (QED) is 0.385. The number of ether oxygens (including phenoxy) is 2. The van der Waals surface area contributed by atoms with Gasteiger partial charge < -0.3 is 19.7 Å². The minimum absolute atomic E-state index is 0.0330. The van der Waals surface area contributed by atoms with Crippen LogP contribution in [0, 0.1) is 17.0 Å². The number of piperidine rings is 1. The second-order valence-corrected chi connectivity index (χ2v) is 9.82. The average molecular weight is 521 g/mol. The molecule has 1 aliphatic heterocycles. The number of rotatable bonds is 10. The maximum Gasteiger partial charge on any atom is 0.129 e. The van der Waals surface area contributed by atoms with Crippen LogP contribution in [0.1, 0.15) is 37.4 Å². The zero-order valence-electron chi connectivity index (χ0n) is 20.2. The number of aromatic nitrogens is 1. The van der Waals surface area contributed by atoms with Crippen molar-refractivity contribution in [2.75, 3.05) is 40.0 Å². The number of aliphatic hydroxyl groups is 2. The highest BCUT2D eigenvalue weighted by Crippen LogP contribution is 2.40. The Morgan fingerprint density at radius 1 is 1.11 bits per heavy atom. The number of benzene rings is 2. The van der Waals surface area contributed by atoms with E-state index in [0.717, 1.165) is 55.0 Å². The number of nitrogens with zero attached hydrogens (tertiary/aromatic N) is 2. The molecular weight excluding hydrogens is 490 g/mol. The van der Waals surface area contributed by atoms with Crippen molar-refractivity contribution in [2.45, 2.75) is 31.8 Å². The summed E-state index contributed by atoms with van der Waals surface area (Å²) in [5.74, 6) is -0.509. The third kappa shape index (κ3) is 6.24. The van der Waals surface area contributed by atoms with Crippen molar-refractivity contribution in [3.05, 3.63) is 64.8 Å². The third-order valence-corrected chi connectivity index (χ3v) is 7.42. The number of aliphatic hydroxyl groups excluding tert-OH is 2. The summed E-state index contributed by atoms with van der Waals surface area (Å²) >= 11 is 6.44. The lowest BCUT2D eigenvalue weighted by molar-refractivity contribution is 0.0205. The molecule has 2 heterocycles. The lowest BCUT2D eigenvalue weighted by Gasteiger charge is -2.41. The second kappa shape index (κ2) is 11.7. The van der Waals surface area contributed by atoms with Crippen LogP contribution < -0.4 is 9.47 Å². The van der Waals surface area contributed by atoms with Crippen molar-refractivity contribution in [1.29, 1.82) is 0 Å². The lowest BCUT2D eigenvalue weighted by atomic mass is 9.74. The number of pyridine rings is 1. The number of likely N-dealkylation sites (tertiary alicyclic amines) is 1. The molecule has 1 aliphatic rings. The van der Waals surface area contributed by atoms with Gasteiger partial charge in [0.1, 0.15) is 29.7 Å². The molecule has 0 aliphatic carbocycles. The number of hydrogen-bond donors (Lipinski definition) is 2. The first-order chi connectivity index (χ1) is 17.3. The fourth-order valence-corrected chi connectivity index (χ4v) is 5.14. The van der Waals surface area contributed by atoms with E-state index < -0.39 is 17.7 Å². The van der Waals surface area contributed by atoms with Crippen LogP contribution in [0.4, 0.5) is 8.78 Å². The summed E-state index contributed by atoms with van der Waals surface area (Å²) in [7, 11) is 1.58. The smallest absolute Gasteiger partial charge is 0.129 e. The Kier molecular flexibility index (Phi) is 8.62. The molecule has 6 nitrogen and oxygen atoms in total. The second-order valence-electron chi connectivity index (χ2n) is 9.41. The number of methoxy groups -OCH3 is 1. The van der Waals surface area contributed by atoms with E-state index in [4.69, 9.17) is 21.1 Å². The van der Waals surface area contributed by atoms with Gasteiger partial charge in [0.05, 0.1) is 23.8 Å². The Bertz CT molecular complexity index is 1170. The largest absolute Gasteiger partial charge is 0.497 e. The molecule has 1 unspecified atom stereocenters. The Balaban J connectivity index is 1.33. The Labute approximate surface area is 214 Å². The minimum atomic E-state index is -0.809. The van der Waals surface area contributed by atoms with Crippen molar-refractivity contribution < 1.29 is 28.5 Å². The standard InChI is InChI=1S/C27H31ClF2N2O4/c1-35-20-2-3-24-22(15-20)26(23(28)16-31-24)25(34)4-5-27(17-33)6-8-32(9-7-27)10-11-36-21-13-18(29)12-19(30)14-21/h2-3,12-16,25,33-34H,4-11,17H2,1H3. The zero-order valence-corrected chi connectivity index (χ0v) is 21.0. The first-order valence-electron chi connectivity index (χ1n) is 12.0. The fourth-order valence-electron chi connectivity index (χ4n) is 4.86. The minimum Gasteiger partial charge on any atom is -0.497 e. The zero-order chi connectivity index (χ0) is 25.7. The number of halogens is 3. The predicted octanol–water partition coefficient (Wildman–Crippen LogP) is 5.14. The summed E-state index contributed by atoms with van der Waals surface area (Å²) in [6.45, 7) is 2.47. The van der Waals surface area contributed by atoms with Crippen LogP contribution in [0.5, 0.6) is 11.5 Å². The molecular formula is C27H31ClF2N2O4. The summed E-state index contributed by atoms with van der Waals surface area (Å²) in [5, 5.41) is 22.5. The van der Waals surface area contributed by atoms with Gasteiger partial charge in [-0.25, -0.2) is 8.78 Å². The van der Waals surface area contributed by atoms with E-state index in [9.17, 15) is 19.0 Å². The van der Waals surface area contributed by atoms with E-state index >= 15 is 0 Å². The van der Waals surface area contributed by atoms with E-state index in [1.165, 1.54) is 0 Å². The van der Waals surface area contributed by atoms with Crippen molar-refractivity contribution in [3.8, 4) is 11.5 Å². The Morgan fingerprint density at radius 2 is 1.83 bits per heavy atom. The highest BCUT2D eigenvalue weighted by Gasteiger charge is 2.34. The average Bonchev–Trinajstić information content (AvgIpc) is 2.87. The van der Waals surface area contributed by atoms with Gasteiger partial charge in [-0.3, -0.25) is 9.88 Å². The molecule has 1 atom stereocenters. The monoisotopic (exact) mass is 520 g/mol. The molecule has 4 rings (SSSR count). The molecule has 0 spiro atoms. The third-order valence-electron chi connectivity index (χ3n) is 7.11. The number of hydrogen-bond acceptors (Lipinski definition) is 6. The van der Waals surface area contributed by atoms with Gasteiger partial charge in [0.25, 0.3) is 0 Å². The first-order valence-corrected chi connectivity index (χ1v) is 12.4. The van der Waals surface area contributed by atoms with Crippen LogP contribution in [0.25, 0.3) is 10.9 Å². The van der Waals surface area contributed by atoms with E-state index in [2.05, 4.69) is 9.88 Å². The van der Waals surface area contributed by atoms with Gasteiger partial charge in [-0.1, -0.05) is 11.6 Å². The van der Waals surface area contributed by atoms with Crippen LogP contribution >= 0.6 is 11.6 Å². The first kappa shape index (κ1) is 26.5. The van der Waals surface area contributed by atoms with E-state index in [1.807, 2.05) is 18.2 Å². The van der Waals surface area contributed by atoms with Crippen LogP contribution in [-0.2, 0) is 0 Å². The van der Waals surface area contributed by atoms with E-state index in [-0.39, 0.29) is 17.8 Å². The van der Waals surface area contributed by atoms with Gasteiger partial charge in [-0.2, -0.15) is 0 Å². The van der Waals surface area contributed by atoms with Gasteiger partial charge in [0.15, 0.2) is 0 Å². The van der Waals surface area contributed by atoms with Gasteiger partial charge >= 0.3 is 0 Å². The van der Waals surface area contributed by atoms with Crippen molar-refractivity contribution >= 4 is 22.5 Å². The van der Waals surface area contributed by atoms with Gasteiger partial charge in [0.2, 0.25) is 0 Å². The van der Waals surface area contributed by atoms with Crippen LogP contribution in [0.2, 0.25) is 5.02 Å². The normalized spacial score (nSPS) is 16.7. The predicted molar refractivity (Wildman–Crippen MR) is 135 cm³/mol. The molecule has 1 fully saturated rings.